The molecule has 8 fully saturated rings. The summed E-state index contributed by atoms with van der Waals surface area (Å²) in [7, 11) is 2.12. The number of nitrogens with one attached hydrogen (secondary N) is 9. The van der Waals surface area contributed by atoms with Crippen molar-refractivity contribution in [3.63, 3.8) is 0 Å². The molecule has 9 N–H and O–H groups in total. The van der Waals surface area contributed by atoms with Gasteiger partial charge in [0, 0.05) is 266 Å². The summed E-state index contributed by atoms with van der Waals surface area (Å²) in [5.41, 5.74) is 5.88. The number of aromatic nitrogens is 8. The van der Waals surface area contributed by atoms with Gasteiger partial charge in [-0.3, -0.25) is 19.2 Å². The Kier molecular flexibility index (Phi) is 41.5. The highest BCUT2D eigenvalue weighted by atomic mass is 19.4. The fraction of sp³-hybridized carbons (Fsp3) is 0.573. The maximum absolute atomic E-state index is 13.6. The zero-order chi connectivity index (χ0) is 104. The van der Waals surface area contributed by atoms with Crippen molar-refractivity contribution >= 4 is 116 Å². The zero-order valence-electron chi connectivity index (χ0n) is 84.9. The average Bonchev–Trinajstić information content (AvgIpc) is 1.17. The van der Waals surface area contributed by atoms with E-state index < -0.39 is 47.0 Å². The third-order valence-electron chi connectivity index (χ3n) is 27.5. The minimum Gasteiger partial charge on any atom is -0.370 e. The van der Waals surface area contributed by atoms with Crippen LogP contribution in [-0.2, 0) is 56.7 Å². The highest BCUT2D eigenvalue weighted by Gasteiger charge is 2.40. The van der Waals surface area contributed by atoms with Crippen LogP contribution in [0.3, 0.4) is 0 Å². The van der Waals surface area contributed by atoms with Gasteiger partial charge in [0.2, 0.25) is 47.4 Å². The topological polar surface area (TPSA) is 315 Å². The molecule has 4 aromatic carbocycles. The fourth-order valence-corrected chi connectivity index (χ4v) is 18.9. The first-order valence-electron chi connectivity index (χ1n) is 52.0. The zero-order valence-corrected chi connectivity index (χ0v) is 84.9. The molecule has 802 valence electrons. The number of hydrogen-bond donors (Lipinski definition) is 9. The first kappa shape index (κ1) is 112. The smallest absolute Gasteiger partial charge is 0.370 e. The Balaban J connectivity index is 0.000000164. The Morgan fingerprint density at radius 3 is 0.932 bits per heavy atom. The van der Waals surface area contributed by atoms with Gasteiger partial charge >= 0.3 is 24.7 Å². The summed E-state index contributed by atoms with van der Waals surface area (Å²) in [5.74, 6) is -0.241. The number of carbonyl (C=O) groups excluding carboxylic acids is 4. The van der Waals surface area contributed by atoms with Crippen LogP contribution in [0.5, 0.6) is 0 Å². The predicted molar refractivity (Wildman–Crippen MR) is 553 cm³/mol. The van der Waals surface area contributed by atoms with Crippen LogP contribution in [0.2, 0.25) is 0 Å². The number of piperidine rings is 4. The summed E-state index contributed by atoms with van der Waals surface area (Å²) in [4.78, 5) is 104. The Morgan fingerprint density at radius 2 is 0.612 bits per heavy atom. The molecule has 0 saturated carbocycles. The van der Waals surface area contributed by atoms with Crippen LogP contribution < -0.4 is 67.5 Å². The van der Waals surface area contributed by atoms with Gasteiger partial charge in [0.1, 0.15) is 45.5 Å². The number of likely N-dealkylation sites (tertiary alicyclic amines) is 4. The van der Waals surface area contributed by atoms with E-state index in [-0.39, 0.29) is 96.9 Å². The van der Waals surface area contributed by atoms with E-state index in [9.17, 15) is 71.9 Å². The maximum Gasteiger partial charge on any atom is 0.421 e. The maximum atomic E-state index is 13.6. The molecule has 0 spiro atoms. The van der Waals surface area contributed by atoms with Crippen molar-refractivity contribution in [1.82, 2.24) is 79.5 Å². The first-order chi connectivity index (χ1) is 70.7. The molecule has 8 aliphatic heterocycles. The number of piperazine rings is 2. The number of rotatable bonds is 36. The molecule has 32 nitrogen and oxygen atoms in total. The molecule has 8 aliphatic rings. The van der Waals surface area contributed by atoms with Gasteiger partial charge in [-0.15, -0.1) is 0 Å². The fourth-order valence-electron chi connectivity index (χ4n) is 18.9. The van der Waals surface area contributed by atoms with Gasteiger partial charge in [-0.2, -0.15) is 72.6 Å². The monoisotopic (exact) mass is 2060 g/mol. The van der Waals surface area contributed by atoms with Crippen LogP contribution in [-0.4, -0.2) is 301 Å². The van der Waals surface area contributed by atoms with Gasteiger partial charge in [0.15, 0.2) is 0 Å². The average molecular weight is 2060 g/mol. The molecule has 0 radical (unpaired) electrons. The summed E-state index contributed by atoms with van der Waals surface area (Å²) in [6.07, 6.45) is 0.381. The van der Waals surface area contributed by atoms with Gasteiger partial charge in [0.25, 0.3) is 0 Å². The second kappa shape index (κ2) is 54.6. The van der Waals surface area contributed by atoms with E-state index in [0.29, 0.717) is 115 Å². The summed E-state index contributed by atoms with van der Waals surface area (Å²) < 4.78 is 163. The minimum atomic E-state index is -4.58. The Morgan fingerprint density at radius 1 is 0.313 bits per heavy atom. The second-order valence-corrected chi connectivity index (χ2v) is 37.8. The molecule has 0 atom stereocenters. The van der Waals surface area contributed by atoms with Crippen molar-refractivity contribution in [2.24, 2.45) is 0 Å². The number of alkyl halides is 12. The molecule has 0 unspecified atom stereocenters. The normalized spacial score (nSPS) is 17.3. The van der Waals surface area contributed by atoms with E-state index in [1.807, 2.05) is 86.6 Å². The lowest BCUT2D eigenvalue weighted by atomic mass is 10.1. The molecule has 12 heterocycles. The Hall–Kier alpha value is -12.3. The Labute approximate surface area is 852 Å². The molecule has 4 aromatic heterocycles. The predicted octanol–water partition coefficient (Wildman–Crippen LogP) is 17.6. The van der Waals surface area contributed by atoms with E-state index in [1.165, 1.54) is 0 Å². The molecular weight excluding hydrogens is 1920 g/mol. The van der Waals surface area contributed by atoms with Crippen molar-refractivity contribution in [3.8, 4) is 0 Å². The Bertz CT molecular complexity index is 5490. The number of carbonyl (C=O) groups is 4. The number of halogens is 12. The van der Waals surface area contributed by atoms with Gasteiger partial charge in [-0.1, -0.05) is 27.7 Å². The highest BCUT2D eigenvalue weighted by molar-refractivity contribution is 5.79. The molecule has 0 aliphatic carbocycles. The quantitative estimate of drug-likeness (QED) is 0.0130. The first-order valence-corrected chi connectivity index (χ1v) is 52.0. The number of likely N-dealkylation sites (N-methyl/N-ethyl adjacent to an activating group) is 3. The van der Waals surface area contributed by atoms with Crippen LogP contribution in [0.4, 0.5) is 145 Å². The van der Waals surface area contributed by atoms with Crippen LogP contribution in [0, 0.1) is 0 Å². The van der Waals surface area contributed by atoms with Crippen LogP contribution in [0.25, 0.3) is 0 Å². The molecular formula is C103H142F12N28O4. The number of benzene rings is 4. The largest absolute Gasteiger partial charge is 0.421 e. The number of aryl methyl sites for hydroxylation is 2. The molecule has 147 heavy (non-hydrogen) atoms. The van der Waals surface area contributed by atoms with Gasteiger partial charge in [-0.25, -0.2) is 19.9 Å². The lowest BCUT2D eigenvalue weighted by molar-refractivity contribution is -0.138. The molecule has 0 bridgehead atoms. The van der Waals surface area contributed by atoms with Gasteiger partial charge in [0.05, 0.1) is 0 Å². The van der Waals surface area contributed by atoms with Crippen LogP contribution >= 0.6 is 0 Å². The second-order valence-electron chi connectivity index (χ2n) is 37.8. The minimum absolute atomic E-state index is 0.0819. The number of hydrogen-bond acceptors (Lipinski definition) is 28. The SMILES string of the molecule is CCN1CCCN(c2ccc(Nc3ncc(C(F)(F)F)c(NCCCN4CCCCC4=O)n3)cc2)CC1.CCc1cc(N2CCN(C)CC2)ccc1Nc1ncc(C(F)(F)F)c(NCCCN2CCCCC2=O)n1.CCc1cc(N2CCN(CC)CC2)ccc1Nc1ncc(C(F)(F)F)c(NCCCN2CCCCC2=O)n1.O=C1CCCCN1CCCNc1nc(Nc2ccc(N3CCCNCC3)cc2)ncc1C(F)(F)F. The summed E-state index contributed by atoms with van der Waals surface area (Å²) in [6.45, 7) is 32.4. The van der Waals surface area contributed by atoms with E-state index in [1.54, 1.807) is 19.6 Å². The van der Waals surface area contributed by atoms with Crippen molar-refractivity contribution in [1.29, 1.82) is 0 Å². The number of anilines is 16. The van der Waals surface area contributed by atoms with Crippen molar-refractivity contribution in [2.45, 2.75) is 181 Å². The number of amides is 4. The summed E-state index contributed by atoms with van der Waals surface area (Å²) >= 11 is 0. The van der Waals surface area contributed by atoms with Crippen molar-refractivity contribution in [3.05, 3.63) is 143 Å². The van der Waals surface area contributed by atoms with E-state index in [2.05, 4.69) is 155 Å². The summed E-state index contributed by atoms with van der Waals surface area (Å²) in [5, 5.41) is 26.9. The van der Waals surface area contributed by atoms with Crippen molar-refractivity contribution < 1.29 is 71.9 Å². The van der Waals surface area contributed by atoms with Gasteiger partial charge < -0.3 is 102 Å². The molecule has 4 amide bonds. The summed E-state index contributed by atoms with van der Waals surface area (Å²) in [6, 6.07) is 27.7. The third kappa shape index (κ3) is 33.9. The van der Waals surface area contributed by atoms with E-state index >= 15 is 0 Å². The van der Waals surface area contributed by atoms with E-state index in [0.717, 1.165) is 265 Å². The van der Waals surface area contributed by atoms with Crippen LogP contribution in [0.15, 0.2) is 110 Å². The molecule has 44 heteroatoms. The standard InChI is InChI=1S/C27H38F3N7O.2C26H36F3N7O.C24H32F3N7O/c1-3-20-18-21(36-16-14-35(4-2)15-17-36)9-10-23(20)33-26-32-19-22(27(28,29)30)25(34-26)31-11-7-13-37-12-6-5-8-24(37)38;1-3-19-17-20(35-15-13-34(2)14-16-35)8-9-22(19)32-25-31-18-21(26(27,28)29)24(33-25)30-10-6-12-36-11-5-4-7-23(36)37;1-2-34-13-6-16-35(18-17-34)21-10-8-20(9-11-21)32-25-31-19-22(26(27,28)29)24(33-25)30-12-5-15-36-14-4-3-7-23(36)37;25-24(26,27)20-17-30-23(32-22(20)29-11-4-15-34-13-2-1-5-21(34)35)31-18-6-8-19(9-7-18)33-14-3-10-28-12-16-33/h9-10,18-19H,3-8,11-17H2,1-2H3,(H2,31,32,33,34);8-9,17-18H,3-7,10-16H2,1-2H3,(H2,30,31,32,33);8-11,19H,2-7,12-18H2,1H3,(H2,30,31,32,33);6-9,17,28H,1-5,10-16H2,(H2,29,30,31,32). The van der Waals surface area contributed by atoms with Gasteiger partial charge in [-0.05, 0) is 232 Å². The number of nitrogens with zero attached hydrogens (tertiary/aromatic N) is 19. The third-order valence-corrected chi connectivity index (χ3v) is 27.5. The lowest BCUT2D eigenvalue weighted by Gasteiger charge is -2.35. The lowest BCUT2D eigenvalue weighted by Crippen LogP contribution is -2.46. The highest BCUT2D eigenvalue weighted by Crippen LogP contribution is 2.41. The molecule has 8 aromatic rings. The van der Waals surface area contributed by atoms with Crippen molar-refractivity contribution in [2.75, 3.05) is 266 Å². The molecule has 16 rings (SSSR count). The van der Waals surface area contributed by atoms with E-state index in [4.69, 9.17) is 0 Å². The van der Waals surface area contributed by atoms with Crippen LogP contribution in [0.1, 0.15) is 177 Å². The molecule has 8 saturated heterocycles.